The standard InChI is InChI=1S/C14H20N2O2/c15-10-14(7-1-8-14)13(18)16-12-4-2-11(3-5-12)6-9-17/h2-5,17H,1,6-10,15H2,(H,16,18). The SMILES string of the molecule is NCC1(C(=O)Nc2ccc(CCO)cc2)CCC1. The molecule has 0 aliphatic heterocycles. The first-order chi connectivity index (χ1) is 8.70. The molecule has 0 saturated heterocycles. The van der Waals surface area contributed by atoms with Gasteiger partial charge in [0.1, 0.15) is 0 Å². The smallest absolute Gasteiger partial charge is 0.231 e. The van der Waals surface area contributed by atoms with Gasteiger partial charge in [-0.3, -0.25) is 4.79 Å². The number of benzene rings is 1. The molecular formula is C14H20N2O2. The van der Waals surface area contributed by atoms with Crippen LogP contribution in [0.1, 0.15) is 24.8 Å². The van der Waals surface area contributed by atoms with Crippen LogP contribution in [0, 0.1) is 5.41 Å². The van der Waals surface area contributed by atoms with Crippen LogP contribution in [0.5, 0.6) is 0 Å². The topological polar surface area (TPSA) is 75.4 Å². The van der Waals surface area contributed by atoms with Crippen molar-refractivity contribution in [1.29, 1.82) is 0 Å². The highest BCUT2D eigenvalue weighted by Crippen LogP contribution is 2.40. The number of hydrogen-bond donors (Lipinski definition) is 3. The number of amides is 1. The quantitative estimate of drug-likeness (QED) is 0.735. The van der Waals surface area contributed by atoms with E-state index in [1.807, 2.05) is 24.3 Å². The molecule has 0 radical (unpaired) electrons. The van der Waals surface area contributed by atoms with E-state index in [2.05, 4.69) is 5.32 Å². The largest absolute Gasteiger partial charge is 0.396 e. The lowest BCUT2D eigenvalue weighted by molar-refractivity contribution is -0.129. The Bertz CT molecular complexity index is 405. The predicted molar refractivity (Wildman–Crippen MR) is 71.2 cm³/mol. The van der Waals surface area contributed by atoms with E-state index in [1.165, 1.54) is 0 Å². The molecular weight excluding hydrogens is 228 g/mol. The Morgan fingerprint density at radius 1 is 1.33 bits per heavy atom. The van der Waals surface area contributed by atoms with Crippen molar-refractivity contribution in [3.8, 4) is 0 Å². The summed E-state index contributed by atoms with van der Waals surface area (Å²) in [5, 5.41) is 11.8. The van der Waals surface area contributed by atoms with Crippen LogP contribution in [0.25, 0.3) is 0 Å². The summed E-state index contributed by atoms with van der Waals surface area (Å²) in [5.41, 5.74) is 7.21. The zero-order chi connectivity index (χ0) is 13.0. The molecule has 1 saturated carbocycles. The molecule has 0 bridgehead atoms. The monoisotopic (exact) mass is 248 g/mol. The maximum Gasteiger partial charge on any atom is 0.231 e. The Hall–Kier alpha value is -1.39. The number of carbonyl (C=O) groups excluding carboxylic acids is 1. The van der Waals surface area contributed by atoms with Crippen LogP contribution in [0.15, 0.2) is 24.3 Å². The maximum atomic E-state index is 12.1. The van der Waals surface area contributed by atoms with E-state index in [1.54, 1.807) is 0 Å². The van der Waals surface area contributed by atoms with Crippen molar-refractivity contribution in [2.75, 3.05) is 18.5 Å². The summed E-state index contributed by atoms with van der Waals surface area (Å²) < 4.78 is 0. The fourth-order valence-electron chi connectivity index (χ4n) is 2.27. The molecule has 0 atom stereocenters. The molecule has 0 aromatic heterocycles. The van der Waals surface area contributed by atoms with Crippen molar-refractivity contribution in [3.63, 3.8) is 0 Å². The molecule has 18 heavy (non-hydrogen) atoms. The van der Waals surface area contributed by atoms with Crippen LogP contribution in [0.4, 0.5) is 5.69 Å². The lowest BCUT2D eigenvalue weighted by Gasteiger charge is -2.39. The Kier molecular flexibility index (Phi) is 3.99. The van der Waals surface area contributed by atoms with Crippen LogP contribution in [-0.4, -0.2) is 24.2 Å². The van der Waals surface area contributed by atoms with Crippen LogP contribution < -0.4 is 11.1 Å². The summed E-state index contributed by atoms with van der Waals surface area (Å²) in [5.74, 6) is 0.0335. The molecule has 1 amide bonds. The van der Waals surface area contributed by atoms with Crippen molar-refractivity contribution >= 4 is 11.6 Å². The summed E-state index contributed by atoms with van der Waals surface area (Å²) in [6, 6.07) is 7.57. The molecule has 0 spiro atoms. The Morgan fingerprint density at radius 3 is 2.44 bits per heavy atom. The van der Waals surface area contributed by atoms with E-state index < -0.39 is 0 Å². The van der Waals surface area contributed by atoms with Gasteiger partial charge in [-0.2, -0.15) is 0 Å². The van der Waals surface area contributed by atoms with E-state index in [0.717, 1.165) is 30.5 Å². The number of aliphatic hydroxyl groups excluding tert-OH is 1. The molecule has 4 nitrogen and oxygen atoms in total. The third kappa shape index (κ3) is 2.54. The van der Waals surface area contributed by atoms with Gasteiger partial charge in [0, 0.05) is 18.8 Å². The van der Waals surface area contributed by atoms with Gasteiger partial charge in [0.25, 0.3) is 0 Å². The van der Waals surface area contributed by atoms with E-state index in [-0.39, 0.29) is 17.9 Å². The first-order valence-electron chi connectivity index (χ1n) is 6.41. The highest BCUT2D eigenvalue weighted by Gasteiger charge is 2.42. The van der Waals surface area contributed by atoms with Gasteiger partial charge in [-0.25, -0.2) is 0 Å². The number of carbonyl (C=O) groups is 1. The highest BCUT2D eigenvalue weighted by atomic mass is 16.2. The summed E-state index contributed by atoms with van der Waals surface area (Å²) in [7, 11) is 0. The van der Waals surface area contributed by atoms with Gasteiger partial charge in [-0.05, 0) is 37.0 Å². The van der Waals surface area contributed by atoms with Crippen LogP contribution in [-0.2, 0) is 11.2 Å². The normalized spacial score (nSPS) is 17.0. The molecule has 0 heterocycles. The van der Waals surface area contributed by atoms with Gasteiger partial charge < -0.3 is 16.2 Å². The minimum atomic E-state index is -0.343. The minimum Gasteiger partial charge on any atom is -0.396 e. The van der Waals surface area contributed by atoms with Gasteiger partial charge in [-0.15, -0.1) is 0 Å². The summed E-state index contributed by atoms with van der Waals surface area (Å²) in [4.78, 5) is 12.1. The Labute approximate surface area is 107 Å². The third-order valence-corrected chi connectivity index (χ3v) is 3.80. The lowest BCUT2D eigenvalue weighted by Crippen LogP contribution is -2.47. The number of nitrogens with one attached hydrogen (secondary N) is 1. The van der Waals surface area contributed by atoms with E-state index in [4.69, 9.17) is 10.8 Å². The van der Waals surface area contributed by atoms with Crippen molar-refractivity contribution < 1.29 is 9.90 Å². The van der Waals surface area contributed by atoms with Crippen LogP contribution in [0.2, 0.25) is 0 Å². The average Bonchev–Trinajstić information content (AvgIpc) is 2.31. The Morgan fingerprint density at radius 2 is 2.00 bits per heavy atom. The summed E-state index contributed by atoms with van der Waals surface area (Å²) in [6.07, 6.45) is 3.50. The van der Waals surface area contributed by atoms with Crippen molar-refractivity contribution in [2.45, 2.75) is 25.7 Å². The molecule has 1 aliphatic rings. The second-order valence-electron chi connectivity index (χ2n) is 4.96. The summed E-state index contributed by atoms with van der Waals surface area (Å²) in [6.45, 7) is 0.559. The zero-order valence-corrected chi connectivity index (χ0v) is 10.5. The van der Waals surface area contributed by atoms with Gasteiger partial charge >= 0.3 is 0 Å². The maximum absolute atomic E-state index is 12.1. The zero-order valence-electron chi connectivity index (χ0n) is 10.5. The number of nitrogens with two attached hydrogens (primary N) is 1. The molecule has 0 unspecified atom stereocenters. The molecule has 98 valence electrons. The number of hydrogen-bond acceptors (Lipinski definition) is 3. The predicted octanol–water partition coefficient (Wildman–Crippen LogP) is 1.29. The third-order valence-electron chi connectivity index (χ3n) is 3.80. The van der Waals surface area contributed by atoms with E-state index in [9.17, 15) is 4.79 Å². The van der Waals surface area contributed by atoms with E-state index in [0.29, 0.717) is 13.0 Å². The van der Waals surface area contributed by atoms with Crippen molar-refractivity contribution in [3.05, 3.63) is 29.8 Å². The average molecular weight is 248 g/mol. The fraction of sp³-hybridized carbons (Fsp3) is 0.500. The van der Waals surface area contributed by atoms with Crippen molar-refractivity contribution in [1.82, 2.24) is 0 Å². The molecule has 1 fully saturated rings. The summed E-state index contributed by atoms with van der Waals surface area (Å²) >= 11 is 0. The first-order valence-corrected chi connectivity index (χ1v) is 6.41. The Balaban J connectivity index is 1.98. The van der Waals surface area contributed by atoms with Gasteiger partial charge in [-0.1, -0.05) is 18.6 Å². The van der Waals surface area contributed by atoms with Crippen LogP contribution in [0.3, 0.4) is 0 Å². The van der Waals surface area contributed by atoms with Gasteiger partial charge in [0.2, 0.25) is 5.91 Å². The lowest BCUT2D eigenvalue weighted by atomic mass is 9.68. The fourth-order valence-corrected chi connectivity index (χ4v) is 2.27. The van der Waals surface area contributed by atoms with E-state index >= 15 is 0 Å². The number of aliphatic hydroxyl groups is 1. The number of rotatable bonds is 5. The second-order valence-corrected chi connectivity index (χ2v) is 4.96. The second kappa shape index (κ2) is 5.50. The highest BCUT2D eigenvalue weighted by molar-refractivity contribution is 5.96. The molecule has 4 heteroatoms. The molecule has 1 aliphatic carbocycles. The van der Waals surface area contributed by atoms with Gasteiger partial charge in [0.05, 0.1) is 5.41 Å². The molecule has 2 rings (SSSR count). The minimum absolute atomic E-state index is 0.0335. The van der Waals surface area contributed by atoms with Gasteiger partial charge in [0.15, 0.2) is 0 Å². The molecule has 4 N–H and O–H groups in total. The number of anilines is 1. The molecule has 1 aromatic carbocycles. The van der Waals surface area contributed by atoms with Crippen LogP contribution >= 0.6 is 0 Å². The molecule has 1 aromatic rings. The van der Waals surface area contributed by atoms with Crippen molar-refractivity contribution in [2.24, 2.45) is 11.1 Å². The first kappa shape index (κ1) is 13.1.